The molecule has 0 unspecified atom stereocenters. The molecule has 2 aromatic rings. The summed E-state index contributed by atoms with van der Waals surface area (Å²) in [6, 6.07) is 12.9. The molecule has 2 heterocycles. The van der Waals surface area contributed by atoms with Gasteiger partial charge in [0.25, 0.3) is 5.91 Å². The first-order valence-electron chi connectivity index (χ1n) is 10.4. The molecule has 0 aliphatic carbocycles. The van der Waals surface area contributed by atoms with Crippen molar-refractivity contribution in [2.75, 3.05) is 29.9 Å². The Labute approximate surface area is 181 Å². The summed E-state index contributed by atoms with van der Waals surface area (Å²) >= 11 is 0. The highest BCUT2D eigenvalue weighted by Crippen LogP contribution is 2.24. The van der Waals surface area contributed by atoms with E-state index >= 15 is 0 Å². The van der Waals surface area contributed by atoms with Crippen LogP contribution in [0.4, 0.5) is 11.4 Å². The largest absolute Gasteiger partial charge is 0.377 e. The lowest BCUT2D eigenvalue weighted by atomic mass is 10.2. The van der Waals surface area contributed by atoms with E-state index < -0.39 is 10.0 Å². The first-order chi connectivity index (χ1) is 14.9. The summed E-state index contributed by atoms with van der Waals surface area (Å²) in [5, 5.41) is 2.80. The molecule has 0 bridgehead atoms. The van der Waals surface area contributed by atoms with Crippen LogP contribution in [-0.4, -0.2) is 46.0 Å². The normalized spacial score (nSPS) is 19.0. The van der Waals surface area contributed by atoms with Gasteiger partial charge in [0.1, 0.15) is 0 Å². The molecular weight excluding hydrogens is 418 g/mol. The lowest BCUT2D eigenvalue weighted by molar-refractivity contribution is -0.117. The second-order valence-corrected chi connectivity index (χ2v) is 9.43. The molecule has 2 fully saturated rings. The standard InChI is InChI=1S/C22H25N3O5S/c26-21-7-2-12-25(21)18-5-1-4-17(14-18)24-22(27)16-8-10-20(11-9-16)31(28,29)23-15-19-6-3-13-30-19/h1,4-5,8-11,14,19,23H,2-3,6-7,12-13,15H2,(H,24,27)/t19-/m1/s1. The van der Waals surface area contributed by atoms with Crippen molar-refractivity contribution in [1.29, 1.82) is 0 Å². The Kier molecular flexibility index (Phi) is 6.35. The van der Waals surface area contributed by atoms with Crippen LogP contribution in [0, 0.1) is 0 Å². The SMILES string of the molecule is O=C(Nc1cccc(N2CCCC2=O)c1)c1ccc(S(=O)(=O)NC[C@H]2CCCO2)cc1. The van der Waals surface area contributed by atoms with Crippen molar-refractivity contribution in [2.24, 2.45) is 0 Å². The Morgan fingerprint density at radius 1 is 1.13 bits per heavy atom. The molecule has 2 N–H and O–H groups in total. The van der Waals surface area contributed by atoms with E-state index in [9.17, 15) is 18.0 Å². The average molecular weight is 444 g/mol. The van der Waals surface area contributed by atoms with Gasteiger partial charge in [-0.05, 0) is 61.7 Å². The fourth-order valence-electron chi connectivity index (χ4n) is 3.75. The molecule has 4 rings (SSSR count). The van der Waals surface area contributed by atoms with E-state index in [0.29, 0.717) is 30.8 Å². The van der Waals surface area contributed by atoms with Crippen LogP contribution in [-0.2, 0) is 19.6 Å². The van der Waals surface area contributed by atoms with E-state index in [4.69, 9.17) is 4.74 Å². The number of sulfonamides is 1. The van der Waals surface area contributed by atoms with Crippen LogP contribution in [0.2, 0.25) is 0 Å². The van der Waals surface area contributed by atoms with Crippen molar-refractivity contribution >= 4 is 33.2 Å². The summed E-state index contributed by atoms with van der Waals surface area (Å²) in [7, 11) is -3.67. The Balaban J connectivity index is 1.40. The van der Waals surface area contributed by atoms with E-state index in [2.05, 4.69) is 10.0 Å². The zero-order valence-electron chi connectivity index (χ0n) is 17.0. The van der Waals surface area contributed by atoms with Crippen molar-refractivity contribution in [3.63, 3.8) is 0 Å². The summed E-state index contributed by atoms with van der Waals surface area (Å²) in [6.07, 6.45) is 3.05. The molecule has 2 aliphatic heterocycles. The van der Waals surface area contributed by atoms with Crippen LogP contribution in [0.3, 0.4) is 0 Å². The molecule has 31 heavy (non-hydrogen) atoms. The van der Waals surface area contributed by atoms with E-state index in [1.807, 2.05) is 6.07 Å². The number of nitrogens with one attached hydrogen (secondary N) is 2. The number of hydrogen-bond acceptors (Lipinski definition) is 5. The predicted molar refractivity (Wildman–Crippen MR) is 117 cm³/mol. The van der Waals surface area contributed by atoms with E-state index in [0.717, 1.165) is 24.9 Å². The van der Waals surface area contributed by atoms with Crippen molar-refractivity contribution in [3.8, 4) is 0 Å². The van der Waals surface area contributed by atoms with E-state index in [1.54, 1.807) is 23.1 Å². The van der Waals surface area contributed by atoms with Gasteiger partial charge in [0.15, 0.2) is 0 Å². The molecule has 0 spiro atoms. The molecule has 164 valence electrons. The second kappa shape index (κ2) is 9.17. The maximum Gasteiger partial charge on any atom is 0.255 e. The Morgan fingerprint density at radius 3 is 2.61 bits per heavy atom. The van der Waals surface area contributed by atoms with Gasteiger partial charge in [0.2, 0.25) is 15.9 Å². The van der Waals surface area contributed by atoms with Gasteiger partial charge in [-0.2, -0.15) is 0 Å². The van der Waals surface area contributed by atoms with Crippen LogP contribution in [0.25, 0.3) is 0 Å². The zero-order valence-corrected chi connectivity index (χ0v) is 17.9. The molecule has 1 atom stereocenters. The number of nitrogens with zero attached hydrogens (tertiary/aromatic N) is 1. The van der Waals surface area contributed by atoms with Gasteiger partial charge in [-0.15, -0.1) is 0 Å². The molecule has 2 aromatic carbocycles. The molecule has 8 nitrogen and oxygen atoms in total. The van der Waals surface area contributed by atoms with Crippen LogP contribution < -0.4 is 14.9 Å². The van der Waals surface area contributed by atoms with Gasteiger partial charge >= 0.3 is 0 Å². The van der Waals surface area contributed by atoms with Gasteiger partial charge in [0, 0.05) is 43.1 Å². The quantitative estimate of drug-likeness (QED) is 0.684. The molecule has 2 aliphatic rings. The number of carbonyl (C=O) groups excluding carboxylic acids is 2. The molecule has 0 radical (unpaired) electrons. The predicted octanol–water partition coefficient (Wildman–Crippen LogP) is 2.52. The third kappa shape index (κ3) is 5.12. The first-order valence-corrected chi connectivity index (χ1v) is 11.8. The molecule has 2 amide bonds. The highest BCUT2D eigenvalue weighted by Gasteiger charge is 2.22. The summed E-state index contributed by atoms with van der Waals surface area (Å²) < 4.78 is 32.9. The second-order valence-electron chi connectivity index (χ2n) is 7.66. The number of hydrogen-bond donors (Lipinski definition) is 2. The summed E-state index contributed by atoms with van der Waals surface area (Å²) in [4.78, 5) is 26.3. The van der Waals surface area contributed by atoms with Crippen molar-refractivity contribution < 1.29 is 22.7 Å². The van der Waals surface area contributed by atoms with Gasteiger partial charge in [-0.3, -0.25) is 9.59 Å². The van der Waals surface area contributed by atoms with Gasteiger partial charge in [0.05, 0.1) is 11.0 Å². The Bertz CT molecular complexity index is 1060. The highest BCUT2D eigenvalue weighted by molar-refractivity contribution is 7.89. The fourth-order valence-corrected chi connectivity index (χ4v) is 4.82. The summed E-state index contributed by atoms with van der Waals surface area (Å²) in [6.45, 7) is 1.57. The third-order valence-electron chi connectivity index (χ3n) is 5.44. The highest BCUT2D eigenvalue weighted by atomic mass is 32.2. The number of ether oxygens (including phenoxy) is 1. The summed E-state index contributed by atoms with van der Waals surface area (Å²) in [5.41, 5.74) is 1.65. The number of amides is 2. The maximum atomic E-state index is 12.6. The molecule has 9 heteroatoms. The van der Waals surface area contributed by atoms with E-state index in [-0.39, 0.29) is 29.4 Å². The number of carbonyl (C=O) groups is 2. The lowest BCUT2D eigenvalue weighted by Gasteiger charge is -2.17. The smallest absolute Gasteiger partial charge is 0.255 e. The number of anilines is 2. The minimum atomic E-state index is -3.67. The van der Waals surface area contributed by atoms with Gasteiger partial charge < -0.3 is 15.0 Å². The van der Waals surface area contributed by atoms with E-state index in [1.165, 1.54) is 24.3 Å². The minimum absolute atomic E-state index is 0.0772. The Morgan fingerprint density at radius 2 is 1.94 bits per heavy atom. The number of benzene rings is 2. The first kappa shape index (κ1) is 21.5. The van der Waals surface area contributed by atoms with Gasteiger partial charge in [-0.25, -0.2) is 13.1 Å². The average Bonchev–Trinajstić information content (AvgIpc) is 3.44. The van der Waals surface area contributed by atoms with Crippen LogP contribution in [0.5, 0.6) is 0 Å². The fraction of sp³-hybridized carbons (Fsp3) is 0.364. The number of rotatable bonds is 7. The maximum absolute atomic E-state index is 12.6. The monoisotopic (exact) mass is 443 g/mol. The van der Waals surface area contributed by atoms with Gasteiger partial charge in [-0.1, -0.05) is 6.07 Å². The molecular formula is C22H25N3O5S. The topological polar surface area (TPSA) is 105 Å². The van der Waals surface area contributed by atoms with Crippen LogP contribution in [0.15, 0.2) is 53.4 Å². The molecule has 0 aromatic heterocycles. The lowest BCUT2D eigenvalue weighted by Crippen LogP contribution is -2.31. The van der Waals surface area contributed by atoms with Crippen LogP contribution >= 0.6 is 0 Å². The minimum Gasteiger partial charge on any atom is -0.377 e. The third-order valence-corrected chi connectivity index (χ3v) is 6.88. The molecule has 0 saturated carbocycles. The van der Waals surface area contributed by atoms with Crippen molar-refractivity contribution in [2.45, 2.75) is 36.7 Å². The zero-order chi connectivity index (χ0) is 21.8. The Hall–Kier alpha value is -2.75. The molecule has 2 saturated heterocycles. The van der Waals surface area contributed by atoms with Crippen molar-refractivity contribution in [1.82, 2.24) is 4.72 Å². The summed E-state index contributed by atoms with van der Waals surface area (Å²) in [5.74, 6) is -0.283. The van der Waals surface area contributed by atoms with Crippen LogP contribution in [0.1, 0.15) is 36.0 Å². The van der Waals surface area contributed by atoms with Crippen molar-refractivity contribution in [3.05, 3.63) is 54.1 Å².